The lowest BCUT2D eigenvalue weighted by Crippen LogP contribution is -2.28. The number of nitrogens with zero attached hydrogens (tertiary/aromatic N) is 1. The Morgan fingerprint density at radius 1 is 1.29 bits per heavy atom. The molecular weight excluding hydrogens is 218 g/mol. The van der Waals surface area contributed by atoms with E-state index in [1.54, 1.807) is 4.90 Å². The summed E-state index contributed by atoms with van der Waals surface area (Å²) >= 11 is 0. The van der Waals surface area contributed by atoms with Gasteiger partial charge in [-0.25, -0.2) is 0 Å². The Hall–Kier alpha value is -1.97. The van der Waals surface area contributed by atoms with Crippen molar-refractivity contribution in [2.24, 2.45) is 0 Å². The van der Waals surface area contributed by atoms with Crippen molar-refractivity contribution < 1.29 is 14.3 Å². The van der Waals surface area contributed by atoms with Gasteiger partial charge in [0.05, 0.1) is 0 Å². The number of ether oxygens (including phenoxy) is 2. The van der Waals surface area contributed by atoms with E-state index >= 15 is 0 Å². The molecule has 88 valence electrons. The Morgan fingerprint density at radius 2 is 2.06 bits per heavy atom. The number of allylic oxidation sites excluding steroid dienone is 1. The largest absolute Gasteiger partial charge is 0.454 e. The first-order valence-corrected chi connectivity index (χ1v) is 5.64. The van der Waals surface area contributed by atoms with Crippen molar-refractivity contribution in [2.45, 2.75) is 13.3 Å². The van der Waals surface area contributed by atoms with E-state index in [9.17, 15) is 4.79 Å². The van der Waals surface area contributed by atoms with Crippen LogP contribution in [-0.4, -0.2) is 24.6 Å². The molecule has 2 heterocycles. The van der Waals surface area contributed by atoms with Crippen molar-refractivity contribution >= 4 is 12.1 Å². The minimum atomic E-state index is 0.279. The van der Waals surface area contributed by atoms with Crippen molar-refractivity contribution in [3.8, 4) is 11.5 Å². The molecule has 0 radical (unpaired) electrons. The Morgan fingerprint density at radius 3 is 2.76 bits per heavy atom. The van der Waals surface area contributed by atoms with Gasteiger partial charge < -0.3 is 14.4 Å². The minimum Gasteiger partial charge on any atom is -0.454 e. The fourth-order valence-corrected chi connectivity index (χ4v) is 2.38. The van der Waals surface area contributed by atoms with E-state index in [0.29, 0.717) is 0 Å². The normalized spacial score (nSPS) is 19.4. The summed E-state index contributed by atoms with van der Waals surface area (Å²) in [5, 5.41) is 0. The van der Waals surface area contributed by atoms with Crippen LogP contribution in [0.15, 0.2) is 18.2 Å². The van der Waals surface area contributed by atoms with Crippen LogP contribution in [0.4, 0.5) is 0 Å². The Labute approximate surface area is 99.4 Å². The molecule has 4 nitrogen and oxygen atoms in total. The van der Waals surface area contributed by atoms with Gasteiger partial charge in [0.1, 0.15) is 0 Å². The van der Waals surface area contributed by atoms with E-state index in [0.717, 1.165) is 42.1 Å². The molecule has 2 aliphatic heterocycles. The van der Waals surface area contributed by atoms with E-state index in [-0.39, 0.29) is 6.79 Å². The van der Waals surface area contributed by atoms with Gasteiger partial charge in [-0.1, -0.05) is 6.08 Å². The van der Waals surface area contributed by atoms with E-state index in [4.69, 9.17) is 9.47 Å². The van der Waals surface area contributed by atoms with E-state index in [1.807, 2.05) is 25.1 Å². The number of fused-ring (bicyclic) bond motifs is 2. The highest BCUT2D eigenvalue weighted by molar-refractivity contribution is 5.78. The second-order valence-corrected chi connectivity index (χ2v) is 4.09. The van der Waals surface area contributed by atoms with Crippen molar-refractivity contribution in [1.29, 1.82) is 0 Å². The van der Waals surface area contributed by atoms with Gasteiger partial charge in [0.25, 0.3) is 0 Å². The molecule has 4 heteroatoms. The molecule has 0 N–H and O–H groups in total. The molecule has 1 aromatic carbocycles. The fourth-order valence-electron chi connectivity index (χ4n) is 2.38. The van der Waals surface area contributed by atoms with E-state index in [2.05, 4.69) is 0 Å². The van der Waals surface area contributed by atoms with Gasteiger partial charge in [0.15, 0.2) is 11.5 Å². The maximum Gasteiger partial charge on any atom is 0.231 e. The van der Waals surface area contributed by atoms with Gasteiger partial charge in [-0.15, -0.1) is 0 Å². The Bertz CT molecular complexity index is 508. The third-order valence-electron chi connectivity index (χ3n) is 3.21. The van der Waals surface area contributed by atoms with Gasteiger partial charge >= 0.3 is 0 Å². The average Bonchev–Trinajstić information content (AvgIpc) is 2.81. The molecule has 0 saturated carbocycles. The zero-order chi connectivity index (χ0) is 11.8. The summed E-state index contributed by atoms with van der Waals surface area (Å²) in [4.78, 5) is 12.7. The predicted octanol–water partition coefficient (Wildman–Crippen LogP) is 1.79. The summed E-state index contributed by atoms with van der Waals surface area (Å²) in [6, 6.07) is 3.98. The first-order chi connectivity index (χ1) is 8.33. The third-order valence-corrected chi connectivity index (χ3v) is 3.21. The van der Waals surface area contributed by atoms with Crippen LogP contribution >= 0.6 is 0 Å². The lowest BCUT2D eigenvalue weighted by molar-refractivity contribution is -0.115. The quantitative estimate of drug-likeness (QED) is 0.692. The van der Waals surface area contributed by atoms with Crippen LogP contribution in [0.25, 0.3) is 5.70 Å². The summed E-state index contributed by atoms with van der Waals surface area (Å²) in [5.41, 5.74) is 3.22. The first-order valence-electron chi connectivity index (χ1n) is 5.64. The molecule has 17 heavy (non-hydrogen) atoms. The third kappa shape index (κ3) is 1.48. The zero-order valence-electron chi connectivity index (χ0n) is 9.60. The van der Waals surface area contributed by atoms with Crippen molar-refractivity contribution in [1.82, 2.24) is 4.90 Å². The minimum absolute atomic E-state index is 0.279. The maximum absolute atomic E-state index is 11.0. The molecule has 0 bridgehead atoms. The highest BCUT2D eigenvalue weighted by Crippen LogP contribution is 2.39. The molecule has 2 aliphatic rings. The number of hydrogen-bond acceptors (Lipinski definition) is 3. The fraction of sp³-hybridized carbons (Fsp3) is 0.308. The highest BCUT2D eigenvalue weighted by atomic mass is 16.7. The molecule has 1 aromatic rings. The van der Waals surface area contributed by atoms with Crippen LogP contribution in [0.1, 0.15) is 18.1 Å². The Kier molecular flexibility index (Phi) is 2.28. The molecular formula is C13H13NO3. The Balaban J connectivity index is 2.13. The molecule has 0 spiro atoms. The molecule has 0 atom stereocenters. The van der Waals surface area contributed by atoms with Gasteiger partial charge in [-0.2, -0.15) is 0 Å². The van der Waals surface area contributed by atoms with Gasteiger partial charge in [0, 0.05) is 17.8 Å². The van der Waals surface area contributed by atoms with Crippen LogP contribution < -0.4 is 9.47 Å². The molecule has 1 amide bonds. The lowest BCUT2D eigenvalue weighted by Gasteiger charge is -2.28. The lowest BCUT2D eigenvalue weighted by atomic mass is 9.96. The maximum atomic E-state index is 11.0. The van der Waals surface area contributed by atoms with Gasteiger partial charge in [-0.3, -0.25) is 4.79 Å². The number of rotatable bonds is 1. The van der Waals surface area contributed by atoms with Crippen LogP contribution in [0.3, 0.4) is 0 Å². The predicted molar refractivity (Wildman–Crippen MR) is 62.7 cm³/mol. The number of carbonyl (C=O) groups excluding carboxylic acids is 1. The van der Waals surface area contributed by atoms with Gasteiger partial charge in [0.2, 0.25) is 13.2 Å². The monoisotopic (exact) mass is 231 g/mol. The summed E-state index contributed by atoms with van der Waals surface area (Å²) in [7, 11) is 0. The van der Waals surface area contributed by atoms with Crippen LogP contribution in [0.5, 0.6) is 11.5 Å². The molecule has 0 unspecified atom stereocenters. The number of amides is 1. The number of benzene rings is 1. The summed E-state index contributed by atoms with van der Waals surface area (Å²) in [5.74, 6) is 1.56. The van der Waals surface area contributed by atoms with Crippen LogP contribution in [-0.2, 0) is 11.2 Å². The van der Waals surface area contributed by atoms with E-state index in [1.165, 1.54) is 5.56 Å². The summed E-state index contributed by atoms with van der Waals surface area (Å²) in [6.07, 6.45) is 3.68. The SMILES string of the molecule is C/C=C1/c2cc3c(cc2CCN1C=O)OCO3. The van der Waals surface area contributed by atoms with Gasteiger partial charge in [-0.05, 0) is 31.0 Å². The summed E-state index contributed by atoms with van der Waals surface area (Å²) in [6.45, 7) is 2.93. The second-order valence-electron chi connectivity index (χ2n) is 4.09. The standard InChI is InChI=1S/C13H13NO3/c1-2-11-10-6-13-12(16-8-17-13)5-9(10)3-4-14(11)7-15/h2,5-7H,3-4,8H2,1H3/b11-2-. The highest BCUT2D eigenvalue weighted by Gasteiger charge is 2.24. The van der Waals surface area contributed by atoms with Crippen molar-refractivity contribution in [2.75, 3.05) is 13.3 Å². The summed E-state index contributed by atoms with van der Waals surface area (Å²) < 4.78 is 10.7. The molecule has 0 fully saturated rings. The number of carbonyl (C=O) groups is 1. The van der Waals surface area contributed by atoms with Crippen molar-refractivity contribution in [3.05, 3.63) is 29.3 Å². The zero-order valence-corrected chi connectivity index (χ0v) is 9.60. The van der Waals surface area contributed by atoms with E-state index < -0.39 is 0 Å². The smallest absolute Gasteiger partial charge is 0.231 e. The average molecular weight is 231 g/mol. The first kappa shape index (κ1) is 10.2. The number of hydrogen-bond donors (Lipinski definition) is 0. The van der Waals surface area contributed by atoms with Crippen molar-refractivity contribution in [3.63, 3.8) is 0 Å². The molecule has 0 aliphatic carbocycles. The second kappa shape index (κ2) is 3.80. The van der Waals surface area contributed by atoms with Crippen LogP contribution in [0, 0.1) is 0 Å². The molecule has 3 rings (SSSR count). The molecule has 0 saturated heterocycles. The topological polar surface area (TPSA) is 38.8 Å². The van der Waals surface area contributed by atoms with Crippen LogP contribution in [0.2, 0.25) is 0 Å². The molecule has 0 aromatic heterocycles.